The molecule has 0 unspecified atom stereocenters. The molecule has 0 aliphatic rings. The van der Waals surface area contributed by atoms with Gasteiger partial charge in [-0.25, -0.2) is 4.98 Å². The molecule has 19 heavy (non-hydrogen) atoms. The Kier molecular flexibility index (Phi) is 2.54. The molecule has 0 aliphatic heterocycles. The maximum Gasteiger partial charge on any atom is 0.274 e. The summed E-state index contributed by atoms with van der Waals surface area (Å²) in [5.74, 6) is 0.701. The normalized spacial score (nSPS) is 10.3. The zero-order valence-electron chi connectivity index (χ0n) is 9.98. The van der Waals surface area contributed by atoms with Crippen LogP contribution in [0.3, 0.4) is 0 Å². The first-order valence-corrected chi connectivity index (χ1v) is 5.45. The molecule has 7 nitrogen and oxygen atoms in total. The summed E-state index contributed by atoms with van der Waals surface area (Å²) in [4.78, 5) is 12.3. The van der Waals surface area contributed by atoms with E-state index in [1.54, 1.807) is 35.4 Å². The molecule has 7 heteroatoms. The first kappa shape index (κ1) is 11.1. The predicted molar refractivity (Wildman–Crippen MR) is 64.4 cm³/mol. The minimum atomic E-state index is 0.338. The average molecular weight is 252 g/mol. The number of hydrogen-bond donors (Lipinski definition) is 0. The van der Waals surface area contributed by atoms with Crippen molar-refractivity contribution in [3.8, 4) is 29.2 Å². The van der Waals surface area contributed by atoms with Gasteiger partial charge in [0.15, 0.2) is 0 Å². The SMILES string of the molecule is Cn1cc(C#N)cc1-c1nc(-c2cnccn2)no1. The molecule has 0 atom stereocenters. The maximum absolute atomic E-state index is 8.86. The fourth-order valence-corrected chi connectivity index (χ4v) is 1.68. The summed E-state index contributed by atoms with van der Waals surface area (Å²) >= 11 is 0. The van der Waals surface area contributed by atoms with E-state index in [0.29, 0.717) is 28.7 Å². The third-order valence-corrected chi connectivity index (χ3v) is 2.57. The Balaban J connectivity index is 2.02. The van der Waals surface area contributed by atoms with Crippen molar-refractivity contribution < 1.29 is 4.52 Å². The molecule has 0 saturated heterocycles. The van der Waals surface area contributed by atoms with Gasteiger partial charge in [0.25, 0.3) is 5.89 Å². The number of nitrogens with zero attached hydrogens (tertiary/aromatic N) is 6. The molecule has 3 rings (SSSR count). The van der Waals surface area contributed by atoms with Crippen molar-refractivity contribution in [2.75, 3.05) is 0 Å². The molecule has 0 radical (unpaired) electrons. The molecule has 3 aromatic heterocycles. The zero-order chi connectivity index (χ0) is 13.2. The summed E-state index contributed by atoms with van der Waals surface area (Å²) < 4.78 is 6.94. The predicted octanol–water partition coefficient (Wildman–Crippen LogP) is 1.40. The lowest BCUT2D eigenvalue weighted by molar-refractivity contribution is 0.429. The van der Waals surface area contributed by atoms with Crippen molar-refractivity contribution in [2.45, 2.75) is 0 Å². The molecule has 0 aliphatic carbocycles. The lowest BCUT2D eigenvalue weighted by Crippen LogP contribution is -1.90. The molecule has 0 bridgehead atoms. The van der Waals surface area contributed by atoms with E-state index < -0.39 is 0 Å². The van der Waals surface area contributed by atoms with Crippen molar-refractivity contribution in [1.82, 2.24) is 24.7 Å². The molecular formula is C12H8N6O. The van der Waals surface area contributed by atoms with E-state index in [2.05, 4.69) is 26.2 Å². The standard InChI is InChI=1S/C12H8N6O/c1-18-7-8(5-13)4-10(18)12-16-11(17-19-12)9-6-14-2-3-15-9/h2-4,6-7H,1H3. The zero-order valence-corrected chi connectivity index (χ0v) is 9.98. The van der Waals surface area contributed by atoms with Gasteiger partial charge in [-0.15, -0.1) is 0 Å². The van der Waals surface area contributed by atoms with Crippen LogP contribution in [0.4, 0.5) is 0 Å². The Labute approximate surface area is 108 Å². The van der Waals surface area contributed by atoms with Gasteiger partial charge in [0.1, 0.15) is 17.5 Å². The highest BCUT2D eigenvalue weighted by Crippen LogP contribution is 2.22. The van der Waals surface area contributed by atoms with Crippen molar-refractivity contribution >= 4 is 0 Å². The van der Waals surface area contributed by atoms with Crippen LogP contribution in [0, 0.1) is 11.3 Å². The van der Waals surface area contributed by atoms with Crippen molar-refractivity contribution in [1.29, 1.82) is 5.26 Å². The Hall–Kier alpha value is -3.01. The minimum absolute atomic E-state index is 0.338. The smallest absolute Gasteiger partial charge is 0.274 e. The van der Waals surface area contributed by atoms with Gasteiger partial charge in [-0.05, 0) is 6.07 Å². The van der Waals surface area contributed by atoms with Crippen LogP contribution in [0.5, 0.6) is 0 Å². The van der Waals surface area contributed by atoms with Gasteiger partial charge in [-0.1, -0.05) is 5.16 Å². The van der Waals surface area contributed by atoms with Crippen LogP contribution in [-0.4, -0.2) is 24.7 Å². The Bertz CT molecular complexity index is 752. The van der Waals surface area contributed by atoms with Gasteiger partial charge in [-0.3, -0.25) is 4.98 Å². The van der Waals surface area contributed by atoms with E-state index in [0.717, 1.165) is 0 Å². The van der Waals surface area contributed by atoms with Gasteiger partial charge < -0.3 is 9.09 Å². The summed E-state index contributed by atoms with van der Waals surface area (Å²) in [6.07, 6.45) is 6.38. The maximum atomic E-state index is 8.86. The molecule has 0 amide bonds. The summed E-state index contributed by atoms with van der Waals surface area (Å²) in [5.41, 5.74) is 1.75. The van der Waals surface area contributed by atoms with Gasteiger partial charge >= 0.3 is 0 Å². The summed E-state index contributed by atoms with van der Waals surface area (Å²) in [6.45, 7) is 0. The van der Waals surface area contributed by atoms with Crippen LogP contribution in [-0.2, 0) is 7.05 Å². The number of nitriles is 1. The molecule has 0 aromatic carbocycles. The van der Waals surface area contributed by atoms with E-state index >= 15 is 0 Å². The van der Waals surface area contributed by atoms with E-state index in [1.165, 1.54) is 0 Å². The van der Waals surface area contributed by atoms with Gasteiger partial charge in [-0.2, -0.15) is 10.2 Å². The van der Waals surface area contributed by atoms with E-state index in [1.807, 2.05) is 7.05 Å². The van der Waals surface area contributed by atoms with Gasteiger partial charge in [0.05, 0.1) is 11.8 Å². The average Bonchev–Trinajstić information content (AvgIpc) is 3.06. The summed E-state index contributed by atoms with van der Waals surface area (Å²) in [6, 6.07) is 3.75. The van der Waals surface area contributed by atoms with Crippen molar-refractivity contribution in [3.05, 3.63) is 36.4 Å². The monoisotopic (exact) mass is 252 g/mol. The van der Waals surface area contributed by atoms with E-state index in [-0.39, 0.29) is 0 Å². The molecule has 3 aromatic rings. The van der Waals surface area contributed by atoms with Crippen molar-refractivity contribution in [2.24, 2.45) is 7.05 Å². The lowest BCUT2D eigenvalue weighted by atomic mass is 10.3. The van der Waals surface area contributed by atoms with Crippen LogP contribution in [0.2, 0.25) is 0 Å². The fourth-order valence-electron chi connectivity index (χ4n) is 1.68. The molecule has 0 saturated carbocycles. The topological polar surface area (TPSA) is 93.4 Å². The Morgan fingerprint density at radius 1 is 1.37 bits per heavy atom. The molecule has 92 valence electrons. The quantitative estimate of drug-likeness (QED) is 0.684. The minimum Gasteiger partial charge on any atom is -0.345 e. The first-order chi connectivity index (χ1) is 9.28. The second-order valence-electron chi connectivity index (χ2n) is 3.85. The van der Waals surface area contributed by atoms with E-state index in [9.17, 15) is 0 Å². The molecule has 0 N–H and O–H groups in total. The van der Waals surface area contributed by atoms with Crippen LogP contribution in [0.15, 0.2) is 35.4 Å². The Morgan fingerprint density at radius 2 is 2.26 bits per heavy atom. The fraction of sp³-hybridized carbons (Fsp3) is 0.0833. The molecule has 3 heterocycles. The number of rotatable bonds is 2. The highest BCUT2D eigenvalue weighted by Gasteiger charge is 2.15. The molecule has 0 fully saturated rings. The van der Waals surface area contributed by atoms with Crippen LogP contribution in [0.1, 0.15) is 5.56 Å². The highest BCUT2D eigenvalue weighted by atomic mass is 16.5. The van der Waals surface area contributed by atoms with Crippen LogP contribution < -0.4 is 0 Å². The Morgan fingerprint density at radius 3 is 2.95 bits per heavy atom. The number of aromatic nitrogens is 5. The molecule has 0 spiro atoms. The second-order valence-corrected chi connectivity index (χ2v) is 3.85. The molecular weight excluding hydrogens is 244 g/mol. The summed E-state index contributed by atoms with van der Waals surface area (Å²) in [5, 5.41) is 12.7. The van der Waals surface area contributed by atoms with Gasteiger partial charge in [0.2, 0.25) is 5.82 Å². The third kappa shape index (κ3) is 1.95. The second kappa shape index (κ2) is 4.34. The van der Waals surface area contributed by atoms with E-state index in [4.69, 9.17) is 9.78 Å². The van der Waals surface area contributed by atoms with Crippen molar-refractivity contribution in [3.63, 3.8) is 0 Å². The number of hydrogen-bond acceptors (Lipinski definition) is 6. The van der Waals surface area contributed by atoms with Crippen LogP contribution in [0.25, 0.3) is 23.1 Å². The first-order valence-electron chi connectivity index (χ1n) is 5.45. The van der Waals surface area contributed by atoms with Crippen LogP contribution >= 0.6 is 0 Å². The largest absolute Gasteiger partial charge is 0.345 e. The summed E-state index contributed by atoms with van der Waals surface area (Å²) in [7, 11) is 1.81. The third-order valence-electron chi connectivity index (χ3n) is 2.57. The lowest BCUT2D eigenvalue weighted by Gasteiger charge is -1.94. The highest BCUT2D eigenvalue weighted by molar-refractivity contribution is 5.56. The number of aryl methyl sites for hydroxylation is 1. The van der Waals surface area contributed by atoms with Gasteiger partial charge in [0, 0.05) is 25.6 Å².